The summed E-state index contributed by atoms with van der Waals surface area (Å²) in [6, 6.07) is 20.4. The third-order valence-electron chi connectivity index (χ3n) is 13.1. The molecule has 3 aliphatic carbocycles. The topological polar surface area (TPSA) is 113 Å². The summed E-state index contributed by atoms with van der Waals surface area (Å²) in [6.45, 7) is 14.7. The van der Waals surface area contributed by atoms with Gasteiger partial charge < -0.3 is 34.2 Å². The van der Waals surface area contributed by atoms with Gasteiger partial charge in [0.05, 0.1) is 18.2 Å². The number of hydrogen-bond acceptors (Lipinski definition) is 9. The highest BCUT2D eigenvalue weighted by atomic mass is 16.7. The van der Waals surface area contributed by atoms with Gasteiger partial charge in [0, 0.05) is 63.2 Å². The van der Waals surface area contributed by atoms with Crippen LogP contribution in [0.5, 0.6) is 11.5 Å². The molecule has 3 aromatic rings. The molecule has 0 spiro atoms. The van der Waals surface area contributed by atoms with Crippen molar-refractivity contribution >= 4 is 22.4 Å². The molecular weight excluding hydrogens is 755 g/mol. The van der Waals surface area contributed by atoms with Crippen molar-refractivity contribution in [3.8, 4) is 11.5 Å². The maximum atomic E-state index is 15.0. The molecule has 0 aromatic heterocycles. The number of rotatable bonds is 20. The molecule has 0 radical (unpaired) electrons. The first kappa shape index (κ1) is 42.5. The fraction of sp³-hybridized carbons (Fsp3) is 0.560. The molecule has 10 heteroatoms. The Morgan fingerprint density at radius 2 is 1.78 bits per heavy atom. The molecule has 2 heterocycles. The van der Waals surface area contributed by atoms with Crippen molar-refractivity contribution in [1.82, 2.24) is 9.80 Å². The minimum absolute atomic E-state index is 0.0635. The van der Waals surface area contributed by atoms with E-state index in [1.807, 2.05) is 32.9 Å². The van der Waals surface area contributed by atoms with E-state index in [0.29, 0.717) is 26.0 Å². The number of carbonyl (C=O) groups is 1. The molecule has 3 aromatic carbocycles. The van der Waals surface area contributed by atoms with E-state index in [1.165, 1.54) is 0 Å². The molecule has 1 saturated heterocycles. The van der Waals surface area contributed by atoms with Crippen molar-refractivity contribution in [1.29, 1.82) is 0 Å². The van der Waals surface area contributed by atoms with E-state index in [-0.39, 0.29) is 55.3 Å². The Morgan fingerprint density at radius 3 is 2.52 bits per heavy atom. The smallest absolute Gasteiger partial charge is 0.239 e. The zero-order chi connectivity index (χ0) is 41.9. The van der Waals surface area contributed by atoms with E-state index in [9.17, 15) is 10.2 Å². The molecule has 6 atom stereocenters. The van der Waals surface area contributed by atoms with Crippen LogP contribution in [0.3, 0.4) is 0 Å². The van der Waals surface area contributed by atoms with Gasteiger partial charge in [-0.05, 0) is 111 Å². The lowest BCUT2D eigenvalue weighted by Crippen LogP contribution is -2.70. The largest absolute Gasteiger partial charge is 0.492 e. The molecule has 8 rings (SSSR count). The third kappa shape index (κ3) is 9.18. The normalized spacial score (nSPS) is 26.4. The SMILES string of the molecule is C=CCOC12Oc3ccc(OCCN4CC4)cc3C3C(CCCCO)C(CCCCO)C=C(C(=NOC(C)(C)C)CC1N(Cc1cccc4ccccc14)C(=O)C1CC1)C32. The summed E-state index contributed by atoms with van der Waals surface area (Å²) < 4.78 is 21.2. The Morgan fingerprint density at radius 1 is 1.02 bits per heavy atom. The maximum Gasteiger partial charge on any atom is 0.239 e. The molecule has 6 unspecified atom stereocenters. The molecule has 3 fully saturated rings. The second-order valence-electron chi connectivity index (χ2n) is 18.5. The predicted octanol–water partition coefficient (Wildman–Crippen LogP) is 8.41. The van der Waals surface area contributed by atoms with E-state index in [4.69, 9.17) is 24.2 Å². The van der Waals surface area contributed by atoms with Gasteiger partial charge in [-0.1, -0.05) is 72.6 Å². The quantitative estimate of drug-likeness (QED) is 0.0506. The summed E-state index contributed by atoms with van der Waals surface area (Å²) in [5.74, 6) is 0.0990. The van der Waals surface area contributed by atoms with Crippen LogP contribution in [0.4, 0.5) is 0 Å². The molecule has 10 nitrogen and oxygen atoms in total. The van der Waals surface area contributed by atoms with Crippen molar-refractivity contribution in [3.63, 3.8) is 0 Å². The van der Waals surface area contributed by atoms with Crippen LogP contribution in [0.25, 0.3) is 10.8 Å². The zero-order valence-corrected chi connectivity index (χ0v) is 35.9. The predicted molar refractivity (Wildman–Crippen MR) is 235 cm³/mol. The van der Waals surface area contributed by atoms with Crippen LogP contribution in [0.15, 0.2) is 90.1 Å². The first-order valence-corrected chi connectivity index (χ1v) is 22.5. The Balaban J connectivity index is 1.33. The van der Waals surface area contributed by atoms with Gasteiger partial charge >= 0.3 is 0 Å². The Hall–Kier alpha value is -4.22. The van der Waals surface area contributed by atoms with Crippen molar-refractivity contribution in [2.45, 2.75) is 108 Å². The molecule has 2 saturated carbocycles. The molecule has 1 amide bonds. The second kappa shape index (κ2) is 18.4. The van der Waals surface area contributed by atoms with Gasteiger partial charge in [0.1, 0.15) is 29.7 Å². The molecule has 60 heavy (non-hydrogen) atoms. The van der Waals surface area contributed by atoms with Crippen LogP contribution in [-0.4, -0.2) is 95.1 Å². The minimum atomic E-state index is -1.31. The molecule has 0 bridgehead atoms. The van der Waals surface area contributed by atoms with Gasteiger partial charge in [-0.3, -0.25) is 9.69 Å². The molecular formula is C50H65N3O7. The number of aliphatic hydroxyl groups is 2. The monoisotopic (exact) mass is 819 g/mol. The van der Waals surface area contributed by atoms with Crippen molar-refractivity contribution in [3.05, 3.63) is 96.1 Å². The van der Waals surface area contributed by atoms with Gasteiger partial charge in [0.15, 0.2) is 0 Å². The number of hydrogen-bond donors (Lipinski definition) is 2. The van der Waals surface area contributed by atoms with E-state index in [2.05, 4.69) is 71.0 Å². The van der Waals surface area contributed by atoms with E-state index < -0.39 is 17.4 Å². The number of nitrogens with zero attached hydrogens (tertiary/aromatic N) is 3. The summed E-state index contributed by atoms with van der Waals surface area (Å²) in [5.41, 5.74) is 3.44. The fourth-order valence-electron chi connectivity index (χ4n) is 10.0. The van der Waals surface area contributed by atoms with E-state index >= 15 is 4.79 Å². The van der Waals surface area contributed by atoms with Crippen LogP contribution in [0.1, 0.15) is 95.6 Å². The average Bonchev–Trinajstić information content (AvgIpc) is 4.19. The molecule has 2 N–H and O–H groups in total. The van der Waals surface area contributed by atoms with Crippen molar-refractivity contribution in [2.24, 2.45) is 28.8 Å². The maximum absolute atomic E-state index is 15.0. The lowest BCUT2D eigenvalue weighted by atomic mass is 9.55. The molecule has 2 aliphatic heterocycles. The van der Waals surface area contributed by atoms with Gasteiger partial charge in [0.25, 0.3) is 0 Å². The number of benzene rings is 3. The van der Waals surface area contributed by atoms with Gasteiger partial charge in [0.2, 0.25) is 11.7 Å². The van der Waals surface area contributed by atoms with Crippen LogP contribution in [-0.2, 0) is 20.9 Å². The van der Waals surface area contributed by atoms with Gasteiger partial charge in [-0.15, -0.1) is 6.58 Å². The third-order valence-corrected chi connectivity index (χ3v) is 13.1. The molecule has 5 aliphatic rings. The summed E-state index contributed by atoms with van der Waals surface area (Å²) >= 11 is 0. The Bertz CT molecular complexity index is 2050. The minimum Gasteiger partial charge on any atom is -0.492 e. The summed E-state index contributed by atoms with van der Waals surface area (Å²) in [4.78, 5) is 25.8. The number of oxime groups is 1. The van der Waals surface area contributed by atoms with Crippen LogP contribution < -0.4 is 9.47 Å². The number of aliphatic hydroxyl groups excluding tert-OH is 2. The number of unbranched alkanes of at least 4 members (excludes halogenated alkanes) is 2. The number of ether oxygens (including phenoxy) is 3. The van der Waals surface area contributed by atoms with Crippen LogP contribution >= 0.6 is 0 Å². The highest BCUT2D eigenvalue weighted by molar-refractivity contribution is 6.03. The number of fused-ring (bicyclic) bond motifs is 3. The van der Waals surface area contributed by atoms with E-state index in [1.54, 1.807) is 6.08 Å². The fourth-order valence-corrected chi connectivity index (χ4v) is 10.0. The highest BCUT2D eigenvalue weighted by Crippen LogP contribution is 2.62. The van der Waals surface area contributed by atoms with Crippen molar-refractivity contribution < 1.29 is 34.1 Å². The van der Waals surface area contributed by atoms with Crippen LogP contribution in [0.2, 0.25) is 0 Å². The zero-order valence-electron chi connectivity index (χ0n) is 35.9. The average molecular weight is 820 g/mol. The lowest BCUT2D eigenvalue weighted by molar-refractivity contribution is -0.258. The highest BCUT2D eigenvalue weighted by Gasteiger charge is 2.66. The van der Waals surface area contributed by atoms with Crippen molar-refractivity contribution in [2.75, 3.05) is 46.1 Å². The molecule has 322 valence electrons. The first-order chi connectivity index (χ1) is 29.1. The second-order valence-corrected chi connectivity index (χ2v) is 18.5. The van der Waals surface area contributed by atoms with E-state index in [0.717, 1.165) is 109 Å². The number of carbonyl (C=O) groups excluding carboxylic acids is 1. The standard InChI is InChI=1S/C50H65N3O7/c1-5-28-58-50-45(53(48(56)35-19-20-35)33-37-16-12-15-34-13-6-7-17-39(34)37)32-43(51-60-49(2,3)4)41-30-36(14-8-10-26-54)40(18-9-11-27-55)46(47(41)50)42-31-38(21-22-44(42)59-50)57-29-25-52-23-24-52/h5-7,12-13,15-17,21-22,30-31,35-36,40,45-47,54-55H,1,8-11,14,18-20,23-29,32-33H2,2-4H3. The Kier molecular flexibility index (Phi) is 13.0. The van der Waals surface area contributed by atoms with Gasteiger partial charge in [-0.25, -0.2) is 0 Å². The summed E-state index contributed by atoms with van der Waals surface area (Å²) in [6.07, 6.45) is 11.2. The number of amides is 1. The van der Waals surface area contributed by atoms with Crippen LogP contribution in [0, 0.1) is 23.7 Å². The van der Waals surface area contributed by atoms with Gasteiger partial charge in [-0.2, -0.15) is 0 Å². The lowest BCUT2D eigenvalue weighted by Gasteiger charge is -2.60. The Labute approximate surface area is 356 Å². The summed E-state index contributed by atoms with van der Waals surface area (Å²) in [5, 5.41) is 27.2. The number of allylic oxidation sites excluding steroid dienone is 1. The first-order valence-electron chi connectivity index (χ1n) is 22.5. The summed E-state index contributed by atoms with van der Waals surface area (Å²) in [7, 11) is 0.